The van der Waals surface area contributed by atoms with Gasteiger partial charge in [-0.05, 0) is 24.1 Å². The van der Waals surface area contributed by atoms with Crippen molar-refractivity contribution in [3.63, 3.8) is 0 Å². The molecule has 0 aliphatic carbocycles. The number of rotatable bonds is 7. The summed E-state index contributed by atoms with van der Waals surface area (Å²) in [4.78, 5) is 24.5. The number of carbonyl (C=O) groups excluding carboxylic acids is 1. The van der Waals surface area contributed by atoms with E-state index in [1.54, 1.807) is 37.3 Å². The summed E-state index contributed by atoms with van der Waals surface area (Å²) in [6.45, 7) is 2.31. The second-order valence-corrected chi connectivity index (χ2v) is 9.01. The van der Waals surface area contributed by atoms with Crippen molar-refractivity contribution in [1.82, 2.24) is 9.21 Å². The fourth-order valence-corrected chi connectivity index (χ4v) is 4.73. The molecule has 0 spiro atoms. The highest BCUT2D eigenvalue weighted by Crippen LogP contribution is 2.27. The number of nitro benzene ring substituents is 1. The summed E-state index contributed by atoms with van der Waals surface area (Å²) in [6, 6.07) is 13.4. The van der Waals surface area contributed by atoms with Crippen molar-refractivity contribution in [1.29, 1.82) is 0 Å². The molecule has 1 aliphatic heterocycles. The van der Waals surface area contributed by atoms with Gasteiger partial charge in [0, 0.05) is 32.2 Å². The molecule has 0 N–H and O–H groups in total. The van der Waals surface area contributed by atoms with Gasteiger partial charge in [-0.3, -0.25) is 14.9 Å². The molecular weight excluding hydrogens is 410 g/mol. The van der Waals surface area contributed by atoms with E-state index in [9.17, 15) is 23.3 Å². The van der Waals surface area contributed by atoms with Crippen molar-refractivity contribution in [2.24, 2.45) is 0 Å². The average molecular weight is 433 g/mol. The highest BCUT2D eigenvalue weighted by Gasteiger charge is 2.29. The molecule has 1 heterocycles. The monoisotopic (exact) mass is 433 g/mol. The Bertz CT molecular complexity index is 1020. The summed E-state index contributed by atoms with van der Waals surface area (Å²) >= 11 is 0. The van der Waals surface area contributed by atoms with E-state index < -0.39 is 14.9 Å². The number of amides is 1. The maximum atomic E-state index is 12.6. The van der Waals surface area contributed by atoms with Crippen molar-refractivity contribution >= 4 is 21.6 Å². The van der Waals surface area contributed by atoms with E-state index in [1.807, 2.05) is 6.07 Å². The van der Waals surface area contributed by atoms with Crippen LogP contribution in [0.1, 0.15) is 11.1 Å². The molecular formula is C20H23N3O6S. The summed E-state index contributed by atoms with van der Waals surface area (Å²) in [5.74, 6) is -0.384. The summed E-state index contributed by atoms with van der Waals surface area (Å²) < 4.78 is 32.0. The highest BCUT2D eigenvalue weighted by atomic mass is 32.2. The number of hydrogen-bond donors (Lipinski definition) is 0. The van der Waals surface area contributed by atoms with Crippen LogP contribution in [0.25, 0.3) is 0 Å². The molecule has 160 valence electrons. The molecule has 30 heavy (non-hydrogen) atoms. The molecule has 0 bridgehead atoms. The summed E-state index contributed by atoms with van der Waals surface area (Å²) in [5.41, 5.74) is 1.29. The first-order chi connectivity index (χ1) is 14.3. The number of carbonyl (C=O) groups is 1. The summed E-state index contributed by atoms with van der Waals surface area (Å²) in [7, 11) is -3.47. The van der Waals surface area contributed by atoms with Crippen LogP contribution in [0.3, 0.4) is 0 Å². The molecule has 0 atom stereocenters. The third-order valence-corrected chi connectivity index (χ3v) is 6.69. The third kappa shape index (κ3) is 5.33. The number of aryl methyl sites for hydroxylation is 1. The lowest BCUT2D eigenvalue weighted by Crippen LogP contribution is -2.51. The molecule has 10 heteroatoms. The maximum Gasteiger partial charge on any atom is 0.310 e. The fraction of sp³-hybridized carbons (Fsp3) is 0.350. The normalized spacial score (nSPS) is 15.0. The number of nitrogens with zero attached hydrogens (tertiary/aromatic N) is 3. The first-order valence-electron chi connectivity index (χ1n) is 9.43. The zero-order valence-electron chi connectivity index (χ0n) is 16.6. The second kappa shape index (κ2) is 9.23. The van der Waals surface area contributed by atoms with Crippen LogP contribution in [0.4, 0.5) is 5.69 Å². The van der Waals surface area contributed by atoms with E-state index in [2.05, 4.69) is 0 Å². The van der Waals surface area contributed by atoms with Gasteiger partial charge in [0.05, 0.1) is 10.7 Å². The Morgan fingerprint density at radius 1 is 1.10 bits per heavy atom. The van der Waals surface area contributed by atoms with Crippen molar-refractivity contribution in [2.75, 3.05) is 32.8 Å². The van der Waals surface area contributed by atoms with Crippen LogP contribution in [0, 0.1) is 17.0 Å². The number of benzene rings is 2. The van der Waals surface area contributed by atoms with E-state index >= 15 is 0 Å². The average Bonchev–Trinajstić information content (AvgIpc) is 2.72. The largest absolute Gasteiger partial charge is 0.477 e. The van der Waals surface area contributed by atoms with Gasteiger partial charge in [0.15, 0.2) is 12.4 Å². The quantitative estimate of drug-likeness (QED) is 0.488. The smallest absolute Gasteiger partial charge is 0.310 e. The standard InChI is InChI=1S/C20H23N3O6S/c1-16-7-8-18(23(25)26)19(13-16)29-14-20(24)21-9-11-22(12-10-21)30(27,28)15-17-5-3-2-4-6-17/h2-8,13H,9-12,14-15H2,1H3. The van der Waals surface area contributed by atoms with Gasteiger partial charge >= 0.3 is 5.69 Å². The molecule has 0 unspecified atom stereocenters. The van der Waals surface area contributed by atoms with Crippen LogP contribution in [0.5, 0.6) is 5.75 Å². The molecule has 9 nitrogen and oxygen atoms in total. The Morgan fingerprint density at radius 2 is 1.77 bits per heavy atom. The van der Waals surface area contributed by atoms with Gasteiger partial charge in [0.2, 0.25) is 10.0 Å². The molecule has 1 aliphatic rings. The lowest BCUT2D eigenvalue weighted by Gasteiger charge is -2.34. The van der Waals surface area contributed by atoms with Gasteiger partial charge in [-0.15, -0.1) is 0 Å². The predicted octanol–water partition coefficient (Wildman–Crippen LogP) is 1.96. The Hall–Kier alpha value is -2.98. The van der Waals surface area contributed by atoms with Gasteiger partial charge < -0.3 is 9.64 Å². The Balaban J connectivity index is 1.54. The molecule has 2 aromatic rings. The SMILES string of the molecule is Cc1ccc([N+](=O)[O-])c(OCC(=O)N2CCN(S(=O)(=O)Cc3ccccc3)CC2)c1. The fourth-order valence-electron chi connectivity index (χ4n) is 3.21. The minimum atomic E-state index is -3.47. The van der Waals surface area contributed by atoms with Crippen LogP contribution in [0.15, 0.2) is 48.5 Å². The first kappa shape index (κ1) is 21.7. The molecule has 0 radical (unpaired) electrons. The van der Waals surface area contributed by atoms with Crippen LogP contribution in [-0.2, 0) is 20.6 Å². The third-order valence-electron chi connectivity index (χ3n) is 4.84. The molecule has 1 saturated heterocycles. The van der Waals surface area contributed by atoms with Crippen molar-refractivity contribution < 1.29 is 22.9 Å². The van der Waals surface area contributed by atoms with Gasteiger partial charge in [-0.2, -0.15) is 4.31 Å². The zero-order chi connectivity index (χ0) is 21.7. The minimum absolute atomic E-state index is 0.0393. The van der Waals surface area contributed by atoms with Crippen LogP contribution in [-0.4, -0.2) is 61.2 Å². The Kier molecular flexibility index (Phi) is 6.68. The maximum absolute atomic E-state index is 12.6. The van der Waals surface area contributed by atoms with E-state index in [4.69, 9.17) is 4.74 Å². The molecule has 0 aromatic heterocycles. The molecule has 3 rings (SSSR count). The van der Waals surface area contributed by atoms with Crippen molar-refractivity contribution in [3.8, 4) is 5.75 Å². The van der Waals surface area contributed by atoms with Gasteiger partial charge in [0.25, 0.3) is 5.91 Å². The summed E-state index contributed by atoms with van der Waals surface area (Å²) in [6.07, 6.45) is 0. The highest BCUT2D eigenvalue weighted by molar-refractivity contribution is 7.88. The Morgan fingerprint density at radius 3 is 2.40 bits per heavy atom. The van der Waals surface area contributed by atoms with Crippen molar-refractivity contribution in [2.45, 2.75) is 12.7 Å². The molecule has 2 aromatic carbocycles. The number of nitro groups is 1. The lowest BCUT2D eigenvalue weighted by atomic mass is 10.2. The lowest BCUT2D eigenvalue weighted by molar-refractivity contribution is -0.385. The van der Waals surface area contributed by atoms with E-state index in [0.717, 1.165) is 5.56 Å². The van der Waals surface area contributed by atoms with Crippen LogP contribution >= 0.6 is 0 Å². The zero-order valence-corrected chi connectivity index (χ0v) is 17.4. The van der Waals surface area contributed by atoms with Crippen molar-refractivity contribution in [3.05, 3.63) is 69.8 Å². The molecule has 0 saturated carbocycles. The summed E-state index contributed by atoms with van der Waals surface area (Å²) in [5, 5.41) is 11.1. The Labute approximate surface area is 175 Å². The molecule has 1 amide bonds. The van der Waals surface area contributed by atoms with E-state index in [1.165, 1.54) is 21.3 Å². The first-order valence-corrected chi connectivity index (χ1v) is 11.0. The van der Waals surface area contributed by atoms with Crippen LogP contribution in [0.2, 0.25) is 0 Å². The van der Waals surface area contributed by atoms with Crippen LogP contribution < -0.4 is 4.74 Å². The van der Waals surface area contributed by atoms with E-state index in [-0.39, 0.29) is 55.9 Å². The number of piperazine rings is 1. The second-order valence-electron chi connectivity index (χ2n) is 7.04. The number of ether oxygens (including phenoxy) is 1. The minimum Gasteiger partial charge on any atom is -0.477 e. The number of sulfonamides is 1. The van der Waals surface area contributed by atoms with Gasteiger partial charge in [-0.25, -0.2) is 8.42 Å². The predicted molar refractivity (Wildman–Crippen MR) is 111 cm³/mol. The van der Waals surface area contributed by atoms with Gasteiger partial charge in [-0.1, -0.05) is 36.4 Å². The molecule has 1 fully saturated rings. The number of hydrogen-bond acceptors (Lipinski definition) is 6. The van der Waals surface area contributed by atoms with Gasteiger partial charge in [0.1, 0.15) is 0 Å². The van der Waals surface area contributed by atoms with E-state index in [0.29, 0.717) is 5.56 Å². The topological polar surface area (TPSA) is 110 Å².